The van der Waals surface area contributed by atoms with E-state index in [-0.39, 0.29) is 11.5 Å². The summed E-state index contributed by atoms with van der Waals surface area (Å²) in [5.41, 5.74) is 0.628. The Labute approximate surface area is 95.7 Å². The standard InChI is InChI=1S/C11H16O4S/c12-9-5-1-2-6-10-7-3-4-8-11(10)16(13,14)15/h3-4,7-8,12H,1-2,5-6,9H2,(H,13,14,15). The lowest BCUT2D eigenvalue weighted by atomic mass is 10.1. The van der Waals surface area contributed by atoms with Gasteiger partial charge in [-0.1, -0.05) is 24.6 Å². The van der Waals surface area contributed by atoms with Crippen LogP contribution in [-0.4, -0.2) is 24.7 Å². The van der Waals surface area contributed by atoms with Crippen LogP contribution in [0.4, 0.5) is 0 Å². The molecule has 4 nitrogen and oxygen atoms in total. The predicted molar refractivity (Wildman–Crippen MR) is 60.9 cm³/mol. The molecule has 1 rings (SSSR count). The second kappa shape index (κ2) is 5.98. The van der Waals surface area contributed by atoms with Gasteiger partial charge in [-0.3, -0.25) is 4.55 Å². The Hall–Kier alpha value is -0.910. The van der Waals surface area contributed by atoms with Crippen LogP contribution in [0.25, 0.3) is 0 Å². The Balaban J connectivity index is 2.73. The van der Waals surface area contributed by atoms with E-state index in [1.54, 1.807) is 18.2 Å². The van der Waals surface area contributed by atoms with Crippen LogP contribution in [0.5, 0.6) is 0 Å². The lowest BCUT2D eigenvalue weighted by Gasteiger charge is -2.06. The Morgan fingerprint density at radius 2 is 1.75 bits per heavy atom. The zero-order valence-corrected chi connectivity index (χ0v) is 9.78. The molecule has 0 aliphatic heterocycles. The van der Waals surface area contributed by atoms with Gasteiger partial charge in [0.25, 0.3) is 10.1 Å². The molecule has 16 heavy (non-hydrogen) atoms. The maximum Gasteiger partial charge on any atom is 0.294 e. The molecule has 0 bridgehead atoms. The molecule has 1 aromatic carbocycles. The van der Waals surface area contributed by atoms with Crippen LogP contribution in [0.1, 0.15) is 24.8 Å². The number of aliphatic hydroxyl groups excluding tert-OH is 1. The minimum absolute atomic E-state index is 0.0148. The second-order valence-corrected chi connectivity index (χ2v) is 5.01. The molecular weight excluding hydrogens is 228 g/mol. The number of benzene rings is 1. The number of hydrogen-bond donors (Lipinski definition) is 2. The second-order valence-electron chi connectivity index (χ2n) is 3.62. The summed E-state index contributed by atoms with van der Waals surface area (Å²) >= 11 is 0. The summed E-state index contributed by atoms with van der Waals surface area (Å²) < 4.78 is 31.1. The van der Waals surface area contributed by atoms with Crippen molar-refractivity contribution in [3.8, 4) is 0 Å². The molecule has 0 amide bonds. The van der Waals surface area contributed by atoms with Crippen molar-refractivity contribution in [2.24, 2.45) is 0 Å². The van der Waals surface area contributed by atoms with Gasteiger partial charge in [-0.05, 0) is 30.9 Å². The van der Waals surface area contributed by atoms with Gasteiger partial charge < -0.3 is 5.11 Å². The fourth-order valence-electron chi connectivity index (χ4n) is 1.57. The van der Waals surface area contributed by atoms with Gasteiger partial charge in [-0.2, -0.15) is 8.42 Å². The molecule has 0 saturated carbocycles. The van der Waals surface area contributed by atoms with Crippen LogP contribution >= 0.6 is 0 Å². The van der Waals surface area contributed by atoms with E-state index < -0.39 is 10.1 Å². The van der Waals surface area contributed by atoms with E-state index in [1.807, 2.05) is 0 Å². The van der Waals surface area contributed by atoms with Crippen LogP contribution in [0.3, 0.4) is 0 Å². The van der Waals surface area contributed by atoms with Crippen molar-refractivity contribution >= 4 is 10.1 Å². The normalized spacial score (nSPS) is 11.6. The third kappa shape index (κ3) is 3.92. The van der Waals surface area contributed by atoms with Crippen molar-refractivity contribution in [3.05, 3.63) is 29.8 Å². The van der Waals surface area contributed by atoms with Gasteiger partial charge in [0.05, 0.1) is 4.90 Å². The van der Waals surface area contributed by atoms with Gasteiger partial charge in [-0.15, -0.1) is 0 Å². The Morgan fingerprint density at radius 1 is 1.06 bits per heavy atom. The minimum atomic E-state index is -4.13. The van der Waals surface area contributed by atoms with Crippen molar-refractivity contribution in [1.82, 2.24) is 0 Å². The van der Waals surface area contributed by atoms with E-state index in [9.17, 15) is 8.42 Å². The van der Waals surface area contributed by atoms with Crippen LogP contribution in [0, 0.1) is 0 Å². The number of hydrogen-bond acceptors (Lipinski definition) is 3. The fraction of sp³-hybridized carbons (Fsp3) is 0.455. The molecule has 0 fully saturated rings. The summed E-state index contributed by atoms with van der Waals surface area (Å²) in [5, 5.41) is 8.61. The Morgan fingerprint density at radius 3 is 2.38 bits per heavy atom. The molecule has 0 radical (unpaired) electrons. The minimum Gasteiger partial charge on any atom is -0.396 e. The zero-order chi connectivity index (χ0) is 12.0. The van der Waals surface area contributed by atoms with Crippen LogP contribution in [0.2, 0.25) is 0 Å². The highest BCUT2D eigenvalue weighted by atomic mass is 32.2. The van der Waals surface area contributed by atoms with E-state index in [1.165, 1.54) is 6.07 Å². The lowest BCUT2D eigenvalue weighted by molar-refractivity contribution is 0.283. The summed E-state index contributed by atoms with van der Waals surface area (Å²) in [6, 6.07) is 6.43. The first-order chi connectivity index (χ1) is 7.55. The molecule has 0 aliphatic rings. The SMILES string of the molecule is O=S(=O)(O)c1ccccc1CCCCCO. The molecule has 90 valence electrons. The Bertz CT molecular complexity index is 425. The topological polar surface area (TPSA) is 74.6 Å². The molecule has 0 unspecified atom stereocenters. The maximum absolute atomic E-state index is 11.1. The average Bonchev–Trinajstić information content (AvgIpc) is 2.24. The molecule has 0 aliphatic carbocycles. The average molecular weight is 244 g/mol. The van der Waals surface area contributed by atoms with Crippen molar-refractivity contribution in [3.63, 3.8) is 0 Å². The van der Waals surface area contributed by atoms with E-state index in [0.29, 0.717) is 18.4 Å². The van der Waals surface area contributed by atoms with Gasteiger partial charge in [0.15, 0.2) is 0 Å². The first-order valence-corrected chi connectivity index (χ1v) is 6.66. The fourth-order valence-corrected chi connectivity index (χ4v) is 2.32. The molecule has 0 spiro atoms. The number of aryl methyl sites for hydroxylation is 1. The van der Waals surface area contributed by atoms with Crippen LogP contribution in [-0.2, 0) is 16.5 Å². The van der Waals surface area contributed by atoms with Crippen molar-refractivity contribution < 1.29 is 18.1 Å². The summed E-state index contributed by atoms with van der Waals surface area (Å²) in [6.45, 7) is 0.153. The van der Waals surface area contributed by atoms with Gasteiger partial charge in [-0.25, -0.2) is 0 Å². The molecule has 0 saturated heterocycles. The zero-order valence-electron chi connectivity index (χ0n) is 8.96. The Kier molecular flexibility index (Phi) is 4.92. The van der Waals surface area contributed by atoms with Crippen molar-refractivity contribution in [1.29, 1.82) is 0 Å². The van der Waals surface area contributed by atoms with Gasteiger partial charge in [0.1, 0.15) is 0 Å². The summed E-state index contributed by atoms with van der Waals surface area (Å²) in [6.07, 6.45) is 2.95. The molecule has 2 N–H and O–H groups in total. The third-order valence-corrected chi connectivity index (χ3v) is 3.31. The summed E-state index contributed by atoms with van der Waals surface area (Å²) in [7, 11) is -4.13. The first kappa shape index (κ1) is 13.2. The van der Waals surface area contributed by atoms with Crippen LogP contribution < -0.4 is 0 Å². The lowest BCUT2D eigenvalue weighted by Crippen LogP contribution is -2.03. The van der Waals surface area contributed by atoms with E-state index >= 15 is 0 Å². The van der Waals surface area contributed by atoms with Gasteiger partial charge in [0, 0.05) is 6.61 Å². The van der Waals surface area contributed by atoms with Gasteiger partial charge >= 0.3 is 0 Å². The monoisotopic (exact) mass is 244 g/mol. The largest absolute Gasteiger partial charge is 0.396 e. The first-order valence-electron chi connectivity index (χ1n) is 5.22. The van der Waals surface area contributed by atoms with Crippen molar-refractivity contribution in [2.45, 2.75) is 30.6 Å². The number of rotatable bonds is 6. The summed E-state index contributed by atoms with van der Waals surface area (Å²) in [4.78, 5) is -0.0148. The molecule has 0 heterocycles. The quantitative estimate of drug-likeness (QED) is 0.589. The highest BCUT2D eigenvalue weighted by Crippen LogP contribution is 2.17. The van der Waals surface area contributed by atoms with Gasteiger partial charge in [0.2, 0.25) is 0 Å². The van der Waals surface area contributed by atoms with E-state index in [4.69, 9.17) is 9.66 Å². The van der Waals surface area contributed by atoms with Crippen LogP contribution in [0.15, 0.2) is 29.2 Å². The number of unbranched alkanes of at least 4 members (excludes halogenated alkanes) is 2. The van der Waals surface area contributed by atoms with E-state index in [0.717, 1.165) is 12.8 Å². The molecule has 0 aromatic heterocycles. The summed E-state index contributed by atoms with van der Waals surface area (Å²) in [5.74, 6) is 0. The predicted octanol–water partition coefficient (Wildman–Crippen LogP) is 1.64. The highest BCUT2D eigenvalue weighted by molar-refractivity contribution is 7.85. The van der Waals surface area contributed by atoms with E-state index in [2.05, 4.69) is 0 Å². The number of aliphatic hydroxyl groups is 1. The molecule has 1 aromatic rings. The molecular formula is C11H16O4S. The van der Waals surface area contributed by atoms with Crippen molar-refractivity contribution in [2.75, 3.05) is 6.61 Å². The molecule has 5 heteroatoms. The third-order valence-electron chi connectivity index (χ3n) is 2.35. The molecule has 0 atom stereocenters. The maximum atomic E-state index is 11.1. The highest BCUT2D eigenvalue weighted by Gasteiger charge is 2.13. The smallest absolute Gasteiger partial charge is 0.294 e.